The minimum absolute atomic E-state index is 0.310. The molecule has 0 unspecified atom stereocenters. The molecule has 1 aliphatic rings. The van der Waals surface area contributed by atoms with Gasteiger partial charge in [0.2, 0.25) is 5.91 Å². The molecule has 1 saturated heterocycles. The van der Waals surface area contributed by atoms with Crippen molar-refractivity contribution in [3.8, 4) is 0 Å². The summed E-state index contributed by atoms with van der Waals surface area (Å²) in [4.78, 5) is 18.9. The second kappa shape index (κ2) is 14.0. The fraction of sp³-hybridized carbons (Fsp3) is 0.652. The summed E-state index contributed by atoms with van der Waals surface area (Å²) < 4.78 is 5.71. The summed E-state index contributed by atoms with van der Waals surface area (Å²) in [6.45, 7) is 9.56. The summed E-state index contributed by atoms with van der Waals surface area (Å²) in [6, 6.07) is 8.32. The Labute approximate surface area is 176 Å². The molecule has 162 valence electrons. The van der Waals surface area contributed by atoms with Crippen molar-refractivity contribution in [2.45, 2.75) is 65.5 Å². The summed E-state index contributed by atoms with van der Waals surface area (Å²) in [5, 5.41) is 6.71. The molecular weight excluding hydrogens is 364 g/mol. The second-order valence-electron chi connectivity index (χ2n) is 7.49. The monoisotopic (exact) mass is 402 g/mol. The molecule has 1 fully saturated rings. The van der Waals surface area contributed by atoms with Crippen molar-refractivity contribution in [3.63, 3.8) is 0 Å². The highest BCUT2D eigenvalue weighted by molar-refractivity contribution is 5.79. The van der Waals surface area contributed by atoms with Crippen LogP contribution in [-0.2, 0) is 22.7 Å². The van der Waals surface area contributed by atoms with E-state index in [1.54, 1.807) is 0 Å². The van der Waals surface area contributed by atoms with E-state index in [9.17, 15) is 4.79 Å². The third-order valence-corrected chi connectivity index (χ3v) is 5.04. The predicted octanol–water partition coefficient (Wildman–Crippen LogP) is 3.46. The van der Waals surface area contributed by atoms with Crippen LogP contribution in [-0.4, -0.2) is 49.6 Å². The number of rotatable bonds is 11. The number of guanidine groups is 1. The molecule has 1 aromatic carbocycles. The maximum atomic E-state index is 12.1. The zero-order valence-corrected chi connectivity index (χ0v) is 18.2. The number of carbonyl (C=O) groups is 1. The smallest absolute Gasteiger partial charge is 0.222 e. The van der Waals surface area contributed by atoms with Crippen molar-refractivity contribution in [2.24, 2.45) is 4.99 Å². The number of nitrogens with one attached hydrogen (secondary N) is 2. The Morgan fingerprint density at radius 1 is 1.14 bits per heavy atom. The lowest BCUT2D eigenvalue weighted by Gasteiger charge is -2.20. The van der Waals surface area contributed by atoms with Crippen LogP contribution in [0.2, 0.25) is 0 Å². The first kappa shape index (κ1) is 23.2. The Kier molecular flexibility index (Phi) is 11.2. The number of hydrogen-bond donors (Lipinski definition) is 2. The molecular formula is C23H38N4O2. The van der Waals surface area contributed by atoms with Gasteiger partial charge in [0.1, 0.15) is 0 Å². The van der Waals surface area contributed by atoms with E-state index in [1.807, 2.05) is 17.0 Å². The Hall–Kier alpha value is -2.08. The minimum Gasteiger partial charge on any atom is -0.377 e. The Morgan fingerprint density at radius 2 is 1.97 bits per heavy atom. The molecule has 1 aliphatic heterocycles. The van der Waals surface area contributed by atoms with Gasteiger partial charge in [-0.1, -0.05) is 37.6 Å². The van der Waals surface area contributed by atoms with Crippen LogP contribution in [0.15, 0.2) is 29.3 Å². The molecule has 1 amide bonds. The summed E-state index contributed by atoms with van der Waals surface area (Å²) in [5.74, 6) is 1.13. The molecule has 0 atom stereocenters. The summed E-state index contributed by atoms with van der Waals surface area (Å²) >= 11 is 0. The van der Waals surface area contributed by atoms with Gasteiger partial charge in [-0.15, -0.1) is 0 Å². The van der Waals surface area contributed by atoms with Gasteiger partial charge in [-0.2, -0.15) is 0 Å². The molecule has 0 saturated carbocycles. The van der Waals surface area contributed by atoms with Gasteiger partial charge in [-0.3, -0.25) is 4.79 Å². The van der Waals surface area contributed by atoms with Gasteiger partial charge < -0.3 is 20.3 Å². The standard InChI is InChI=1S/C23H38N4O2/c1-3-17-29-19-21-12-8-7-11-20(21)18-26-23(24-4-2)25-14-10-16-27-15-9-5-6-13-22(27)28/h7-8,11-12H,3-6,9-10,13-19H2,1-2H3,(H2,24,25,26). The van der Waals surface area contributed by atoms with Crippen LogP contribution in [0.3, 0.4) is 0 Å². The van der Waals surface area contributed by atoms with Crippen LogP contribution in [0.5, 0.6) is 0 Å². The minimum atomic E-state index is 0.310. The van der Waals surface area contributed by atoms with Crippen LogP contribution in [0, 0.1) is 0 Å². The van der Waals surface area contributed by atoms with Crippen molar-refractivity contribution >= 4 is 11.9 Å². The van der Waals surface area contributed by atoms with Gasteiger partial charge >= 0.3 is 0 Å². The van der Waals surface area contributed by atoms with E-state index in [-0.39, 0.29) is 0 Å². The summed E-state index contributed by atoms with van der Waals surface area (Å²) in [7, 11) is 0. The molecule has 0 spiro atoms. The first-order valence-electron chi connectivity index (χ1n) is 11.2. The van der Waals surface area contributed by atoms with Gasteiger partial charge in [0.15, 0.2) is 5.96 Å². The molecule has 2 rings (SSSR count). The van der Waals surface area contributed by atoms with Crippen LogP contribution in [0.1, 0.15) is 63.5 Å². The van der Waals surface area contributed by atoms with Crippen LogP contribution in [0.4, 0.5) is 0 Å². The second-order valence-corrected chi connectivity index (χ2v) is 7.49. The maximum Gasteiger partial charge on any atom is 0.222 e. The zero-order valence-electron chi connectivity index (χ0n) is 18.2. The molecule has 0 bridgehead atoms. The van der Waals surface area contributed by atoms with E-state index in [0.717, 1.165) is 64.4 Å². The molecule has 29 heavy (non-hydrogen) atoms. The third-order valence-electron chi connectivity index (χ3n) is 5.04. The summed E-state index contributed by atoms with van der Waals surface area (Å²) in [5.41, 5.74) is 2.39. The number of likely N-dealkylation sites (tertiary alicyclic amines) is 1. The lowest BCUT2D eigenvalue weighted by atomic mass is 10.1. The van der Waals surface area contributed by atoms with Gasteiger partial charge in [0, 0.05) is 39.2 Å². The van der Waals surface area contributed by atoms with Crippen molar-refractivity contribution in [1.29, 1.82) is 0 Å². The van der Waals surface area contributed by atoms with Gasteiger partial charge in [-0.05, 0) is 43.7 Å². The normalized spacial score (nSPS) is 15.3. The van der Waals surface area contributed by atoms with Crippen molar-refractivity contribution in [2.75, 3.05) is 32.8 Å². The van der Waals surface area contributed by atoms with E-state index in [0.29, 0.717) is 25.5 Å². The highest BCUT2D eigenvalue weighted by atomic mass is 16.5. The van der Waals surface area contributed by atoms with E-state index in [4.69, 9.17) is 9.73 Å². The average molecular weight is 403 g/mol. The number of aliphatic imine (C=N–C) groups is 1. The fourth-order valence-electron chi connectivity index (χ4n) is 3.44. The number of amides is 1. The third kappa shape index (κ3) is 8.86. The van der Waals surface area contributed by atoms with Crippen LogP contribution >= 0.6 is 0 Å². The van der Waals surface area contributed by atoms with E-state index < -0.39 is 0 Å². The quantitative estimate of drug-likeness (QED) is 0.338. The number of ether oxygens (including phenoxy) is 1. The highest BCUT2D eigenvalue weighted by Crippen LogP contribution is 2.12. The molecule has 1 heterocycles. The number of nitrogens with zero attached hydrogens (tertiary/aromatic N) is 2. The van der Waals surface area contributed by atoms with Gasteiger partial charge in [-0.25, -0.2) is 4.99 Å². The number of carbonyl (C=O) groups excluding carboxylic acids is 1. The van der Waals surface area contributed by atoms with Crippen LogP contribution < -0.4 is 10.6 Å². The Balaban J connectivity index is 1.82. The fourth-order valence-corrected chi connectivity index (χ4v) is 3.44. The highest BCUT2D eigenvalue weighted by Gasteiger charge is 2.15. The molecule has 6 nitrogen and oxygen atoms in total. The molecule has 2 N–H and O–H groups in total. The largest absolute Gasteiger partial charge is 0.377 e. The molecule has 0 radical (unpaired) electrons. The first-order valence-corrected chi connectivity index (χ1v) is 11.2. The molecule has 0 aromatic heterocycles. The predicted molar refractivity (Wildman–Crippen MR) is 119 cm³/mol. The van der Waals surface area contributed by atoms with E-state index in [2.05, 4.69) is 36.6 Å². The zero-order chi connectivity index (χ0) is 20.7. The van der Waals surface area contributed by atoms with Crippen LogP contribution in [0.25, 0.3) is 0 Å². The SMILES string of the molecule is CCCOCc1ccccc1CN=C(NCC)NCCCN1CCCCCC1=O. The molecule has 0 aliphatic carbocycles. The number of benzene rings is 1. The Bertz CT molecular complexity index is 633. The lowest BCUT2D eigenvalue weighted by Crippen LogP contribution is -2.39. The topological polar surface area (TPSA) is 66.0 Å². The maximum absolute atomic E-state index is 12.1. The average Bonchev–Trinajstić information content (AvgIpc) is 2.94. The van der Waals surface area contributed by atoms with E-state index in [1.165, 1.54) is 17.5 Å². The first-order chi connectivity index (χ1) is 14.2. The van der Waals surface area contributed by atoms with Crippen molar-refractivity contribution < 1.29 is 9.53 Å². The van der Waals surface area contributed by atoms with Gasteiger partial charge in [0.25, 0.3) is 0 Å². The molecule has 6 heteroatoms. The van der Waals surface area contributed by atoms with E-state index >= 15 is 0 Å². The van der Waals surface area contributed by atoms with Gasteiger partial charge in [0.05, 0.1) is 13.2 Å². The van der Waals surface area contributed by atoms with Crippen molar-refractivity contribution in [3.05, 3.63) is 35.4 Å². The molecule has 1 aromatic rings. The Morgan fingerprint density at radius 3 is 2.76 bits per heavy atom. The summed E-state index contributed by atoms with van der Waals surface area (Å²) in [6.07, 6.45) is 6.00. The lowest BCUT2D eigenvalue weighted by molar-refractivity contribution is -0.130. The number of hydrogen-bond acceptors (Lipinski definition) is 3. The van der Waals surface area contributed by atoms with Crippen molar-refractivity contribution in [1.82, 2.24) is 15.5 Å².